The molecule has 3 aromatic rings. The number of hydrogen-bond donors (Lipinski definition) is 1. The van der Waals surface area contributed by atoms with Gasteiger partial charge >= 0.3 is 0 Å². The molecule has 3 rings (SSSR count). The number of hydrogen-bond acceptors (Lipinski definition) is 5. The predicted molar refractivity (Wildman–Crippen MR) is 95.6 cm³/mol. The smallest absolute Gasteiger partial charge is 0.273 e. The van der Waals surface area contributed by atoms with Crippen LogP contribution < -0.4 is 5.32 Å². The molecule has 0 spiro atoms. The molecule has 2 aromatic heterocycles. The average Bonchev–Trinajstić information content (AvgIpc) is 3.11. The second-order valence-electron chi connectivity index (χ2n) is 5.69. The van der Waals surface area contributed by atoms with E-state index in [0.717, 1.165) is 11.4 Å². The molecule has 0 unspecified atom stereocenters. The molecule has 0 saturated heterocycles. The minimum atomic E-state index is -0.491. The molecular formula is C18H17N5O3. The van der Waals surface area contributed by atoms with Gasteiger partial charge in [-0.1, -0.05) is 12.1 Å². The van der Waals surface area contributed by atoms with Gasteiger partial charge in [0, 0.05) is 36.1 Å². The second-order valence-corrected chi connectivity index (χ2v) is 5.69. The zero-order chi connectivity index (χ0) is 18.5. The fraction of sp³-hybridized carbons (Fsp3) is 0.167. The summed E-state index contributed by atoms with van der Waals surface area (Å²) in [6, 6.07) is 11.9. The average molecular weight is 351 g/mol. The predicted octanol–water partition coefficient (Wildman–Crippen LogP) is 2.59. The molecule has 1 N–H and O–H groups in total. The van der Waals surface area contributed by atoms with Gasteiger partial charge in [0.05, 0.1) is 17.2 Å². The highest BCUT2D eigenvalue weighted by atomic mass is 16.6. The van der Waals surface area contributed by atoms with Crippen molar-refractivity contribution < 1.29 is 9.72 Å². The molecule has 132 valence electrons. The van der Waals surface area contributed by atoms with E-state index in [2.05, 4.69) is 15.4 Å². The van der Waals surface area contributed by atoms with Crippen LogP contribution in [-0.2, 0) is 6.54 Å². The van der Waals surface area contributed by atoms with Crippen LogP contribution in [0.5, 0.6) is 0 Å². The maximum Gasteiger partial charge on any atom is 0.273 e. The van der Waals surface area contributed by atoms with Gasteiger partial charge in [0.15, 0.2) is 0 Å². The van der Waals surface area contributed by atoms with Gasteiger partial charge in [-0.3, -0.25) is 24.6 Å². The third-order valence-corrected chi connectivity index (χ3v) is 3.86. The van der Waals surface area contributed by atoms with Gasteiger partial charge in [0.25, 0.3) is 11.6 Å². The Bertz CT molecular complexity index is 937. The highest BCUT2D eigenvalue weighted by Gasteiger charge is 2.14. The number of pyridine rings is 1. The van der Waals surface area contributed by atoms with E-state index in [1.54, 1.807) is 29.9 Å². The number of nitro groups is 1. The Kier molecular flexibility index (Phi) is 5.02. The van der Waals surface area contributed by atoms with E-state index < -0.39 is 4.92 Å². The lowest BCUT2D eigenvalue weighted by Gasteiger charge is -2.06. The van der Waals surface area contributed by atoms with Crippen molar-refractivity contribution in [1.29, 1.82) is 0 Å². The second kappa shape index (κ2) is 7.56. The van der Waals surface area contributed by atoms with E-state index in [0.29, 0.717) is 18.7 Å². The van der Waals surface area contributed by atoms with Crippen LogP contribution in [-0.4, -0.2) is 32.1 Å². The van der Waals surface area contributed by atoms with Gasteiger partial charge in [-0.15, -0.1) is 0 Å². The van der Waals surface area contributed by atoms with Crippen LogP contribution in [0.2, 0.25) is 0 Å². The van der Waals surface area contributed by atoms with Crippen LogP contribution in [0.15, 0.2) is 54.9 Å². The minimum absolute atomic E-state index is 0.0651. The zero-order valence-electron chi connectivity index (χ0n) is 14.1. The number of nitro benzene ring substituents is 1. The molecule has 0 fully saturated rings. The molecular weight excluding hydrogens is 334 g/mol. The Morgan fingerprint density at radius 1 is 1.23 bits per heavy atom. The van der Waals surface area contributed by atoms with Crippen molar-refractivity contribution in [2.45, 2.75) is 13.5 Å². The van der Waals surface area contributed by atoms with Crippen molar-refractivity contribution in [2.24, 2.45) is 0 Å². The van der Waals surface area contributed by atoms with E-state index in [-0.39, 0.29) is 17.2 Å². The van der Waals surface area contributed by atoms with Crippen molar-refractivity contribution in [3.8, 4) is 11.4 Å². The van der Waals surface area contributed by atoms with Gasteiger partial charge in [-0.25, -0.2) is 0 Å². The minimum Gasteiger partial charge on any atom is -0.350 e. The Labute approximate surface area is 149 Å². The number of aryl methyl sites for hydroxylation is 1. The van der Waals surface area contributed by atoms with Crippen LogP contribution in [0.1, 0.15) is 15.9 Å². The normalized spacial score (nSPS) is 10.5. The van der Waals surface area contributed by atoms with Crippen LogP contribution in [0, 0.1) is 17.0 Å². The third-order valence-electron chi connectivity index (χ3n) is 3.86. The topological polar surface area (TPSA) is 103 Å². The molecule has 0 aliphatic carbocycles. The summed E-state index contributed by atoms with van der Waals surface area (Å²) in [4.78, 5) is 26.9. The monoisotopic (exact) mass is 351 g/mol. The number of carbonyl (C=O) groups is 1. The highest BCUT2D eigenvalue weighted by Crippen LogP contribution is 2.19. The first-order chi connectivity index (χ1) is 12.5. The Balaban J connectivity index is 1.58. The van der Waals surface area contributed by atoms with E-state index in [1.807, 2.05) is 30.5 Å². The standard InChI is InChI=1S/C18H17N5O3/c1-13-5-6-14(12-17(13)23(25)26)18(24)20-9-11-22-10-7-16(21-22)15-4-2-3-8-19-15/h2-8,10,12H,9,11H2,1H3,(H,20,24). The molecule has 0 saturated carbocycles. The van der Waals surface area contributed by atoms with Crippen molar-refractivity contribution >= 4 is 11.6 Å². The number of benzene rings is 1. The van der Waals surface area contributed by atoms with Crippen LogP contribution in [0.25, 0.3) is 11.4 Å². The van der Waals surface area contributed by atoms with E-state index >= 15 is 0 Å². The third kappa shape index (κ3) is 3.92. The Morgan fingerprint density at radius 3 is 2.81 bits per heavy atom. The summed E-state index contributed by atoms with van der Waals surface area (Å²) < 4.78 is 1.71. The SMILES string of the molecule is Cc1ccc(C(=O)NCCn2ccc(-c3ccccn3)n2)cc1[N+](=O)[O-]. The van der Waals surface area contributed by atoms with Gasteiger partial charge in [0.1, 0.15) is 5.69 Å². The Hall–Kier alpha value is -3.55. The fourth-order valence-electron chi connectivity index (χ4n) is 2.47. The maximum absolute atomic E-state index is 12.2. The van der Waals surface area contributed by atoms with E-state index in [9.17, 15) is 14.9 Å². The molecule has 0 aliphatic rings. The lowest BCUT2D eigenvalue weighted by molar-refractivity contribution is -0.385. The number of nitrogens with one attached hydrogen (secondary N) is 1. The molecule has 8 heteroatoms. The number of rotatable bonds is 6. The first kappa shape index (κ1) is 17.3. The highest BCUT2D eigenvalue weighted by molar-refractivity contribution is 5.94. The van der Waals surface area contributed by atoms with Crippen molar-refractivity contribution in [3.63, 3.8) is 0 Å². The molecule has 1 aromatic carbocycles. The number of amides is 1. The van der Waals surface area contributed by atoms with Crippen molar-refractivity contribution in [1.82, 2.24) is 20.1 Å². The van der Waals surface area contributed by atoms with Crippen molar-refractivity contribution in [3.05, 3.63) is 76.1 Å². The molecule has 26 heavy (non-hydrogen) atoms. The molecule has 0 radical (unpaired) electrons. The summed E-state index contributed by atoms with van der Waals surface area (Å²) in [5.74, 6) is -0.356. The lowest BCUT2D eigenvalue weighted by atomic mass is 10.1. The maximum atomic E-state index is 12.2. The van der Waals surface area contributed by atoms with Gasteiger partial charge < -0.3 is 5.32 Å². The summed E-state index contributed by atoms with van der Waals surface area (Å²) in [6.07, 6.45) is 3.52. The van der Waals surface area contributed by atoms with Crippen LogP contribution >= 0.6 is 0 Å². The summed E-state index contributed by atoms with van der Waals surface area (Å²) >= 11 is 0. The summed E-state index contributed by atoms with van der Waals surface area (Å²) in [7, 11) is 0. The van der Waals surface area contributed by atoms with Gasteiger partial charge in [-0.2, -0.15) is 5.10 Å². The number of nitrogens with zero attached hydrogens (tertiary/aromatic N) is 4. The zero-order valence-corrected chi connectivity index (χ0v) is 14.1. The summed E-state index contributed by atoms with van der Waals surface area (Å²) in [6.45, 7) is 2.47. The summed E-state index contributed by atoms with van der Waals surface area (Å²) in [5, 5.41) is 18.1. The Morgan fingerprint density at radius 2 is 2.08 bits per heavy atom. The first-order valence-electron chi connectivity index (χ1n) is 8.02. The molecule has 0 bridgehead atoms. The van der Waals surface area contributed by atoms with E-state index in [4.69, 9.17) is 0 Å². The van der Waals surface area contributed by atoms with Crippen LogP contribution in [0.3, 0.4) is 0 Å². The van der Waals surface area contributed by atoms with Crippen LogP contribution in [0.4, 0.5) is 5.69 Å². The molecule has 8 nitrogen and oxygen atoms in total. The number of aromatic nitrogens is 3. The molecule has 1 amide bonds. The van der Waals surface area contributed by atoms with Gasteiger partial charge in [-0.05, 0) is 31.2 Å². The quantitative estimate of drug-likeness (QED) is 0.543. The van der Waals surface area contributed by atoms with Crippen molar-refractivity contribution in [2.75, 3.05) is 6.54 Å². The molecule has 0 atom stereocenters. The first-order valence-corrected chi connectivity index (χ1v) is 8.02. The molecule has 2 heterocycles. The largest absolute Gasteiger partial charge is 0.350 e. The lowest BCUT2D eigenvalue weighted by Crippen LogP contribution is -2.27. The fourth-order valence-corrected chi connectivity index (χ4v) is 2.47. The summed E-state index contributed by atoms with van der Waals surface area (Å²) in [5.41, 5.74) is 2.25. The van der Waals surface area contributed by atoms with Gasteiger partial charge in [0.2, 0.25) is 0 Å². The molecule has 0 aliphatic heterocycles. The van der Waals surface area contributed by atoms with E-state index in [1.165, 1.54) is 6.07 Å². The number of carbonyl (C=O) groups excluding carboxylic acids is 1.